The zero-order valence-electron chi connectivity index (χ0n) is 17.4. The summed E-state index contributed by atoms with van der Waals surface area (Å²) in [4.78, 5) is 41.7. The maximum absolute atomic E-state index is 13.6. The number of aryl methyl sites for hydroxylation is 2. The molecule has 1 aliphatic rings. The molecule has 33 heavy (non-hydrogen) atoms. The molecule has 6 nitrogen and oxygen atoms in total. The van der Waals surface area contributed by atoms with Gasteiger partial charge in [0.1, 0.15) is 11.4 Å². The minimum Gasteiger partial charge on any atom is -0.325 e. The number of rotatable bonds is 4. The maximum Gasteiger partial charge on any atom is 0.337 e. The molecule has 1 aliphatic carbocycles. The molecule has 0 aliphatic heterocycles. The summed E-state index contributed by atoms with van der Waals surface area (Å²) >= 11 is 13.7. The van der Waals surface area contributed by atoms with Gasteiger partial charge in [0.25, 0.3) is 5.56 Å². The molecule has 9 heteroatoms. The predicted octanol–water partition coefficient (Wildman–Crippen LogP) is 5.04. The number of carbonyl (C=O) groups is 1. The van der Waals surface area contributed by atoms with Crippen LogP contribution in [0.15, 0.2) is 58.1 Å². The first-order valence-corrected chi connectivity index (χ1v) is 12.1. The van der Waals surface area contributed by atoms with E-state index in [0.717, 1.165) is 40.7 Å². The Balaban J connectivity index is 1.71. The molecule has 0 saturated heterocycles. The smallest absolute Gasteiger partial charge is 0.325 e. The zero-order chi connectivity index (χ0) is 23.1. The Morgan fingerprint density at radius 3 is 2.52 bits per heavy atom. The van der Waals surface area contributed by atoms with Crippen molar-refractivity contribution in [3.63, 3.8) is 0 Å². The van der Waals surface area contributed by atoms with Gasteiger partial charge in [-0.3, -0.25) is 14.2 Å². The first-order valence-electron chi connectivity index (χ1n) is 10.5. The molecule has 1 amide bonds. The largest absolute Gasteiger partial charge is 0.337 e. The summed E-state index contributed by atoms with van der Waals surface area (Å²) in [6.07, 6.45) is 3.67. The molecule has 2 heterocycles. The lowest BCUT2D eigenvalue weighted by atomic mass is 9.97. The number of hydrogen-bond donors (Lipinski definition) is 1. The van der Waals surface area contributed by atoms with Crippen LogP contribution in [0.3, 0.4) is 0 Å². The van der Waals surface area contributed by atoms with Gasteiger partial charge in [-0.2, -0.15) is 0 Å². The standard InChI is InChI=1S/C24H19Cl2N3O3S/c25-17-11-10-15(12-18(17)26)29-22(31)21-16-8-4-5-9-19(16)33-23(21)28(24(29)32)13-20(30)27-14-6-2-1-3-7-14/h1-3,6-7,10-12H,4-5,8-9,13H2,(H,27,30). The van der Waals surface area contributed by atoms with E-state index in [1.54, 1.807) is 24.3 Å². The SMILES string of the molecule is O=C(Cn1c(=O)n(-c2ccc(Cl)c(Cl)c2)c(=O)c2c3c(sc21)CCCC3)Nc1ccccc1. The van der Waals surface area contributed by atoms with Crippen molar-refractivity contribution in [3.8, 4) is 5.69 Å². The van der Waals surface area contributed by atoms with Crippen molar-refractivity contribution in [2.24, 2.45) is 0 Å². The molecule has 4 aromatic rings. The number of para-hydroxylation sites is 1. The fourth-order valence-electron chi connectivity index (χ4n) is 4.23. The fourth-order valence-corrected chi connectivity index (χ4v) is 5.89. The molecular weight excluding hydrogens is 481 g/mol. The number of aromatic nitrogens is 2. The summed E-state index contributed by atoms with van der Waals surface area (Å²) < 4.78 is 2.47. The van der Waals surface area contributed by atoms with Crippen molar-refractivity contribution >= 4 is 56.3 Å². The molecule has 0 radical (unpaired) electrons. The van der Waals surface area contributed by atoms with E-state index in [2.05, 4.69) is 5.32 Å². The van der Waals surface area contributed by atoms with Gasteiger partial charge in [-0.15, -0.1) is 11.3 Å². The minimum absolute atomic E-state index is 0.217. The Morgan fingerprint density at radius 1 is 1.00 bits per heavy atom. The summed E-state index contributed by atoms with van der Waals surface area (Å²) in [5, 5.41) is 3.88. The molecule has 0 spiro atoms. The Hall–Kier alpha value is -2.87. The van der Waals surface area contributed by atoms with E-state index in [-0.39, 0.29) is 17.5 Å². The number of amides is 1. The highest BCUT2D eigenvalue weighted by atomic mass is 35.5. The van der Waals surface area contributed by atoms with E-state index >= 15 is 0 Å². The van der Waals surface area contributed by atoms with Gasteiger partial charge in [0.05, 0.1) is 21.1 Å². The summed E-state index contributed by atoms with van der Waals surface area (Å²) in [5.74, 6) is -0.352. The maximum atomic E-state index is 13.6. The van der Waals surface area contributed by atoms with Gasteiger partial charge in [0.2, 0.25) is 5.91 Å². The molecular formula is C24H19Cl2N3O3S. The third-order valence-electron chi connectivity index (χ3n) is 5.76. The van der Waals surface area contributed by atoms with E-state index in [0.29, 0.717) is 26.6 Å². The van der Waals surface area contributed by atoms with Crippen LogP contribution in [0.2, 0.25) is 10.0 Å². The third-order valence-corrected chi connectivity index (χ3v) is 7.81. The van der Waals surface area contributed by atoms with Crippen LogP contribution >= 0.6 is 34.5 Å². The monoisotopic (exact) mass is 499 g/mol. The van der Waals surface area contributed by atoms with Crippen molar-refractivity contribution < 1.29 is 4.79 Å². The molecule has 0 bridgehead atoms. The zero-order valence-corrected chi connectivity index (χ0v) is 19.8. The average molecular weight is 500 g/mol. The van der Waals surface area contributed by atoms with Crippen LogP contribution in [-0.2, 0) is 24.2 Å². The number of anilines is 1. The van der Waals surface area contributed by atoms with E-state index in [4.69, 9.17) is 23.2 Å². The number of nitrogens with zero attached hydrogens (tertiary/aromatic N) is 2. The topological polar surface area (TPSA) is 73.1 Å². The first-order chi connectivity index (χ1) is 15.9. The molecule has 2 aromatic carbocycles. The highest BCUT2D eigenvalue weighted by Gasteiger charge is 2.25. The summed E-state index contributed by atoms with van der Waals surface area (Å²) in [5.41, 5.74) is 0.946. The lowest BCUT2D eigenvalue weighted by Crippen LogP contribution is -2.40. The normalized spacial score (nSPS) is 13.2. The molecule has 2 aromatic heterocycles. The highest BCUT2D eigenvalue weighted by molar-refractivity contribution is 7.18. The Morgan fingerprint density at radius 2 is 1.76 bits per heavy atom. The van der Waals surface area contributed by atoms with Crippen LogP contribution in [0.5, 0.6) is 0 Å². The fraction of sp³-hybridized carbons (Fsp3) is 0.208. The van der Waals surface area contributed by atoms with Crippen molar-refractivity contribution in [2.45, 2.75) is 32.2 Å². The second-order valence-electron chi connectivity index (χ2n) is 7.91. The number of nitrogens with one attached hydrogen (secondary N) is 1. The highest BCUT2D eigenvalue weighted by Crippen LogP contribution is 2.34. The van der Waals surface area contributed by atoms with Gasteiger partial charge in [-0.1, -0.05) is 41.4 Å². The van der Waals surface area contributed by atoms with Crippen molar-refractivity contribution in [1.29, 1.82) is 0 Å². The van der Waals surface area contributed by atoms with Crippen LogP contribution in [0.1, 0.15) is 23.3 Å². The lowest BCUT2D eigenvalue weighted by Gasteiger charge is -2.14. The van der Waals surface area contributed by atoms with Gasteiger partial charge >= 0.3 is 5.69 Å². The molecule has 0 fully saturated rings. The van der Waals surface area contributed by atoms with Gasteiger partial charge in [0, 0.05) is 10.6 Å². The first kappa shape index (κ1) is 21.9. The molecule has 1 N–H and O–H groups in total. The summed E-state index contributed by atoms with van der Waals surface area (Å²) in [7, 11) is 0. The van der Waals surface area contributed by atoms with Crippen LogP contribution in [-0.4, -0.2) is 15.0 Å². The second-order valence-corrected chi connectivity index (χ2v) is 9.81. The van der Waals surface area contributed by atoms with Gasteiger partial charge in [-0.25, -0.2) is 9.36 Å². The Bertz CT molecular complexity index is 1510. The van der Waals surface area contributed by atoms with Crippen LogP contribution in [0.25, 0.3) is 15.9 Å². The molecule has 168 valence electrons. The van der Waals surface area contributed by atoms with Crippen molar-refractivity contribution in [2.75, 3.05) is 5.32 Å². The predicted molar refractivity (Wildman–Crippen MR) is 133 cm³/mol. The Labute approximate surface area is 203 Å². The van der Waals surface area contributed by atoms with Gasteiger partial charge in [-0.05, 0) is 61.6 Å². The molecule has 5 rings (SSSR count). The number of hydrogen-bond acceptors (Lipinski definition) is 4. The number of benzene rings is 2. The number of fused-ring (bicyclic) bond motifs is 3. The van der Waals surface area contributed by atoms with Crippen LogP contribution in [0, 0.1) is 0 Å². The van der Waals surface area contributed by atoms with Crippen molar-refractivity contribution in [1.82, 2.24) is 9.13 Å². The number of halogens is 2. The van der Waals surface area contributed by atoms with E-state index in [1.807, 2.05) is 18.2 Å². The molecule has 0 atom stereocenters. The summed E-state index contributed by atoms with van der Waals surface area (Å²) in [6, 6.07) is 13.7. The van der Waals surface area contributed by atoms with Crippen molar-refractivity contribution in [3.05, 3.63) is 89.9 Å². The summed E-state index contributed by atoms with van der Waals surface area (Å²) in [6.45, 7) is -0.217. The number of carbonyl (C=O) groups excluding carboxylic acids is 1. The van der Waals surface area contributed by atoms with E-state index in [9.17, 15) is 14.4 Å². The third kappa shape index (κ3) is 4.01. The average Bonchev–Trinajstić information content (AvgIpc) is 3.19. The minimum atomic E-state index is -0.590. The lowest BCUT2D eigenvalue weighted by molar-refractivity contribution is -0.116. The van der Waals surface area contributed by atoms with Gasteiger partial charge < -0.3 is 5.32 Å². The van der Waals surface area contributed by atoms with E-state index in [1.165, 1.54) is 22.0 Å². The van der Waals surface area contributed by atoms with Gasteiger partial charge in [0.15, 0.2) is 0 Å². The second kappa shape index (κ2) is 8.82. The van der Waals surface area contributed by atoms with Crippen LogP contribution < -0.4 is 16.6 Å². The quantitative estimate of drug-likeness (QED) is 0.427. The van der Waals surface area contributed by atoms with E-state index < -0.39 is 11.2 Å². The number of thiophene rings is 1. The van der Waals surface area contributed by atoms with Crippen LogP contribution in [0.4, 0.5) is 5.69 Å². The Kier molecular flexibility index (Phi) is 5.86. The molecule has 0 unspecified atom stereocenters. The molecule has 0 saturated carbocycles.